The second-order valence-electron chi connectivity index (χ2n) is 11.2. The zero-order valence-corrected chi connectivity index (χ0v) is 25.1. The zero-order valence-electron chi connectivity index (χ0n) is 23.5. The highest BCUT2D eigenvalue weighted by molar-refractivity contribution is 8.03. The molecular weight excluding hydrogens is 558 g/mol. The molecule has 0 radical (unpaired) electrons. The monoisotopic (exact) mass is 597 g/mol. The Morgan fingerprint density at radius 3 is 2.37 bits per heavy atom. The van der Waals surface area contributed by atoms with Gasteiger partial charge in [-0.2, -0.15) is 23.5 Å². The summed E-state index contributed by atoms with van der Waals surface area (Å²) in [7, 11) is 0. The number of aryl methyl sites for hydroxylation is 1. The fraction of sp³-hybridized carbons (Fsp3) is 0.467. The van der Waals surface area contributed by atoms with Crippen LogP contribution in [0.2, 0.25) is 0 Å². The molecule has 11 heteroatoms. The highest BCUT2D eigenvalue weighted by Gasteiger charge is 2.41. The van der Waals surface area contributed by atoms with Gasteiger partial charge in [0, 0.05) is 28.4 Å². The molecule has 1 aliphatic heterocycles. The second-order valence-corrected chi connectivity index (χ2v) is 14.1. The Labute approximate surface area is 249 Å². The molecule has 220 valence electrons. The van der Waals surface area contributed by atoms with E-state index in [1.807, 2.05) is 68.4 Å². The number of carbonyl (C=O) groups excluding carboxylic acids is 4. The largest absolute Gasteiger partial charge is 0.368 e. The van der Waals surface area contributed by atoms with Gasteiger partial charge in [0.25, 0.3) is 0 Å². The van der Waals surface area contributed by atoms with E-state index in [9.17, 15) is 19.2 Å². The van der Waals surface area contributed by atoms with E-state index in [4.69, 9.17) is 11.5 Å². The van der Waals surface area contributed by atoms with Crippen LogP contribution in [0.4, 0.5) is 0 Å². The van der Waals surface area contributed by atoms with Crippen molar-refractivity contribution >= 4 is 47.2 Å². The van der Waals surface area contributed by atoms with Gasteiger partial charge < -0.3 is 27.4 Å². The van der Waals surface area contributed by atoms with E-state index in [2.05, 4.69) is 16.0 Å². The van der Waals surface area contributed by atoms with Gasteiger partial charge in [-0.3, -0.25) is 19.2 Å². The van der Waals surface area contributed by atoms with Crippen LogP contribution >= 0.6 is 23.5 Å². The van der Waals surface area contributed by atoms with Crippen molar-refractivity contribution in [2.45, 2.75) is 67.9 Å². The SMILES string of the molecule is CC1(C)SCCSCC(NC(=O)[C@]2(N)CCc3ccccc3C2)C(=O)N[C@@H](Cc2ccccc2)C(=O)N[C@H]1C(N)=O. The summed E-state index contributed by atoms with van der Waals surface area (Å²) in [6.07, 6.45) is 1.73. The number of carbonyl (C=O) groups is 4. The molecule has 1 aliphatic carbocycles. The summed E-state index contributed by atoms with van der Waals surface area (Å²) in [5, 5.41) is 8.55. The van der Waals surface area contributed by atoms with E-state index in [1.54, 1.807) is 0 Å². The fourth-order valence-corrected chi connectivity index (χ4v) is 7.56. The number of hydrogen-bond acceptors (Lipinski definition) is 7. The van der Waals surface area contributed by atoms with Crippen LogP contribution in [0.5, 0.6) is 0 Å². The zero-order chi connectivity index (χ0) is 29.6. The highest BCUT2D eigenvalue weighted by Crippen LogP contribution is 2.30. The van der Waals surface area contributed by atoms with Gasteiger partial charge in [-0.15, -0.1) is 0 Å². The first-order valence-electron chi connectivity index (χ1n) is 13.8. The topological polar surface area (TPSA) is 156 Å². The first-order chi connectivity index (χ1) is 19.5. The van der Waals surface area contributed by atoms with Crippen LogP contribution in [0.25, 0.3) is 0 Å². The quantitative estimate of drug-likeness (QED) is 0.348. The molecule has 4 amide bonds. The molecule has 0 spiro atoms. The molecule has 2 aromatic carbocycles. The van der Waals surface area contributed by atoms with Gasteiger partial charge in [-0.05, 0) is 49.8 Å². The summed E-state index contributed by atoms with van der Waals surface area (Å²) in [6.45, 7) is 3.74. The molecule has 0 saturated carbocycles. The number of thioether (sulfide) groups is 2. The molecule has 1 fully saturated rings. The molecule has 2 aliphatic rings. The lowest BCUT2D eigenvalue weighted by atomic mass is 9.78. The van der Waals surface area contributed by atoms with Crippen molar-refractivity contribution in [3.63, 3.8) is 0 Å². The van der Waals surface area contributed by atoms with E-state index in [1.165, 1.54) is 29.1 Å². The lowest BCUT2D eigenvalue weighted by Gasteiger charge is -2.35. The predicted octanol–water partition coefficient (Wildman–Crippen LogP) is 1.31. The number of benzene rings is 2. The molecule has 2 aromatic rings. The van der Waals surface area contributed by atoms with Crippen molar-refractivity contribution in [3.8, 4) is 0 Å². The van der Waals surface area contributed by atoms with Crippen LogP contribution in [0.15, 0.2) is 54.6 Å². The maximum Gasteiger partial charge on any atom is 0.244 e. The Kier molecular flexibility index (Phi) is 10.0. The number of fused-ring (bicyclic) bond motifs is 1. The molecule has 1 unspecified atom stereocenters. The summed E-state index contributed by atoms with van der Waals surface area (Å²) >= 11 is 3.05. The number of hydrogen-bond donors (Lipinski definition) is 5. The molecule has 1 saturated heterocycles. The summed E-state index contributed by atoms with van der Waals surface area (Å²) in [4.78, 5) is 53.2. The van der Waals surface area contributed by atoms with Gasteiger partial charge in [-0.1, -0.05) is 54.6 Å². The Morgan fingerprint density at radius 2 is 1.66 bits per heavy atom. The van der Waals surface area contributed by atoms with E-state index in [-0.39, 0.29) is 12.3 Å². The predicted molar refractivity (Wildman–Crippen MR) is 164 cm³/mol. The van der Waals surface area contributed by atoms with Crippen molar-refractivity contribution < 1.29 is 19.2 Å². The lowest BCUT2D eigenvalue weighted by Crippen LogP contribution is -2.63. The molecule has 4 atom stereocenters. The maximum atomic E-state index is 13.7. The van der Waals surface area contributed by atoms with Gasteiger partial charge in [0.2, 0.25) is 23.6 Å². The molecular formula is C30H39N5O4S2. The Hall–Kier alpha value is -3.02. The minimum absolute atomic E-state index is 0.197. The first-order valence-corrected chi connectivity index (χ1v) is 15.9. The summed E-state index contributed by atoms with van der Waals surface area (Å²) in [6, 6.07) is 14.4. The number of nitrogens with one attached hydrogen (secondary N) is 3. The van der Waals surface area contributed by atoms with Crippen molar-refractivity contribution in [1.29, 1.82) is 0 Å². The highest BCUT2D eigenvalue weighted by atomic mass is 32.2. The standard InChI is InChI=1S/C30H39N5O4S2/c1-29(2)24(25(31)36)35-26(37)22(16-19-8-4-3-5-9-19)33-27(38)23(18-40-14-15-41-29)34-28(39)30(32)13-12-20-10-6-7-11-21(20)17-30/h3-11,22-24H,12-18,32H2,1-2H3,(H2,31,36)(H,33,38)(H,34,39)(H,35,37)/t22-,23?,24-,30-/m0/s1. The van der Waals surface area contributed by atoms with Gasteiger partial charge in [0.05, 0.1) is 5.54 Å². The molecule has 9 nitrogen and oxygen atoms in total. The molecule has 4 rings (SSSR count). The molecule has 7 N–H and O–H groups in total. The average Bonchev–Trinajstić information content (AvgIpc) is 2.94. The summed E-state index contributed by atoms with van der Waals surface area (Å²) in [5.41, 5.74) is 14.3. The van der Waals surface area contributed by atoms with Crippen molar-refractivity contribution in [2.75, 3.05) is 17.3 Å². The summed E-state index contributed by atoms with van der Waals surface area (Å²) < 4.78 is -0.672. The van der Waals surface area contributed by atoms with Gasteiger partial charge in [-0.25, -0.2) is 0 Å². The molecule has 0 aromatic heterocycles. The lowest BCUT2D eigenvalue weighted by molar-refractivity contribution is -0.134. The minimum atomic E-state index is -1.14. The van der Waals surface area contributed by atoms with Crippen LogP contribution in [-0.2, 0) is 38.4 Å². The first kappa shape index (κ1) is 30.9. The van der Waals surface area contributed by atoms with E-state index in [0.717, 1.165) is 11.1 Å². The second kappa shape index (κ2) is 13.3. The number of amides is 4. The van der Waals surface area contributed by atoms with Crippen molar-refractivity contribution in [1.82, 2.24) is 16.0 Å². The smallest absolute Gasteiger partial charge is 0.244 e. The maximum absolute atomic E-state index is 13.7. The molecule has 41 heavy (non-hydrogen) atoms. The molecule has 1 heterocycles. The third-order valence-corrected chi connectivity index (χ3v) is 10.4. The van der Waals surface area contributed by atoms with E-state index in [0.29, 0.717) is 36.5 Å². The van der Waals surface area contributed by atoms with Crippen LogP contribution in [0, 0.1) is 0 Å². The van der Waals surface area contributed by atoms with Gasteiger partial charge >= 0.3 is 0 Å². The van der Waals surface area contributed by atoms with Gasteiger partial charge in [0.15, 0.2) is 0 Å². The van der Waals surface area contributed by atoms with E-state index >= 15 is 0 Å². The molecule has 0 bridgehead atoms. The number of primary amides is 1. The average molecular weight is 598 g/mol. The number of nitrogens with two attached hydrogens (primary N) is 2. The van der Waals surface area contributed by atoms with Gasteiger partial charge in [0.1, 0.15) is 18.1 Å². The normalized spacial score (nSPS) is 27.0. The van der Waals surface area contributed by atoms with Crippen LogP contribution in [-0.4, -0.2) is 69.3 Å². The third kappa shape index (κ3) is 7.84. The minimum Gasteiger partial charge on any atom is -0.368 e. The van der Waals surface area contributed by atoms with Crippen molar-refractivity contribution in [2.24, 2.45) is 11.5 Å². The van der Waals surface area contributed by atoms with E-state index < -0.39 is 46.1 Å². The van der Waals surface area contributed by atoms with Crippen LogP contribution < -0.4 is 27.4 Å². The number of rotatable bonds is 5. The Bertz CT molecular complexity index is 1270. The van der Waals surface area contributed by atoms with Crippen LogP contribution in [0.1, 0.15) is 37.0 Å². The Balaban J connectivity index is 1.57. The fourth-order valence-electron chi connectivity index (χ4n) is 5.25. The van der Waals surface area contributed by atoms with Crippen LogP contribution in [0.3, 0.4) is 0 Å². The third-order valence-electron chi connectivity index (χ3n) is 7.71. The van der Waals surface area contributed by atoms with Crippen molar-refractivity contribution in [3.05, 3.63) is 71.3 Å². The summed E-state index contributed by atoms with van der Waals surface area (Å²) in [5.74, 6) is -0.392. The Morgan fingerprint density at radius 1 is 0.976 bits per heavy atom.